The summed E-state index contributed by atoms with van der Waals surface area (Å²) >= 11 is 1.44. The number of aromatic nitrogens is 3. The lowest BCUT2D eigenvalue weighted by molar-refractivity contribution is 0.0997. The summed E-state index contributed by atoms with van der Waals surface area (Å²) in [6, 6.07) is 7.59. The van der Waals surface area contributed by atoms with Gasteiger partial charge < -0.3 is 9.13 Å². The van der Waals surface area contributed by atoms with Crippen LogP contribution < -0.4 is 4.80 Å². The van der Waals surface area contributed by atoms with Crippen molar-refractivity contribution >= 4 is 17.2 Å². The SMILES string of the molecule is Cc1cc(C(=O)N=c2sccn2C)c(C)n1-c1ccccn1. The van der Waals surface area contributed by atoms with Gasteiger partial charge in [-0.2, -0.15) is 4.99 Å². The maximum absolute atomic E-state index is 12.5. The molecular formula is C16H16N4OS. The number of amides is 1. The van der Waals surface area contributed by atoms with Gasteiger partial charge in [0.05, 0.1) is 5.56 Å². The number of rotatable bonds is 2. The van der Waals surface area contributed by atoms with E-state index >= 15 is 0 Å². The smallest absolute Gasteiger partial charge is 0.281 e. The molecule has 6 heteroatoms. The average molecular weight is 312 g/mol. The molecule has 0 aliphatic rings. The fraction of sp³-hybridized carbons (Fsp3) is 0.188. The second-order valence-electron chi connectivity index (χ2n) is 5.02. The van der Waals surface area contributed by atoms with Crippen LogP contribution in [0.5, 0.6) is 0 Å². The van der Waals surface area contributed by atoms with Gasteiger partial charge in [0.15, 0.2) is 4.80 Å². The number of carbonyl (C=O) groups excluding carboxylic acids is 1. The van der Waals surface area contributed by atoms with E-state index in [4.69, 9.17) is 0 Å². The number of pyridine rings is 1. The zero-order valence-corrected chi connectivity index (χ0v) is 13.5. The van der Waals surface area contributed by atoms with Crippen LogP contribution in [0.3, 0.4) is 0 Å². The van der Waals surface area contributed by atoms with Gasteiger partial charge in [0.1, 0.15) is 5.82 Å². The van der Waals surface area contributed by atoms with Gasteiger partial charge >= 0.3 is 0 Å². The lowest BCUT2D eigenvalue weighted by Crippen LogP contribution is -2.13. The average Bonchev–Trinajstić information content (AvgIpc) is 3.04. The zero-order chi connectivity index (χ0) is 15.7. The first-order valence-corrected chi connectivity index (χ1v) is 7.75. The normalized spacial score (nSPS) is 11.9. The highest BCUT2D eigenvalue weighted by molar-refractivity contribution is 7.07. The molecule has 3 aromatic heterocycles. The maximum Gasteiger partial charge on any atom is 0.281 e. The molecular weight excluding hydrogens is 296 g/mol. The molecule has 22 heavy (non-hydrogen) atoms. The summed E-state index contributed by atoms with van der Waals surface area (Å²) in [6.07, 6.45) is 3.62. The minimum absolute atomic E-state index is 0.228. The van der Waals surface area contributed by atoms with Crippen LogP contribution in [-0.2, 0) is 7.05 Å². The van der Waals surface area contributed by atoms with Crippen LogP contribution in [0.4, 0.5) is 0 Å². The van der Waals surface area contributed by atoms with Gasteiger partial charge in [0, 0.05) is 36.2 Å². The quantitative estimate of drug-likeness (QED) is 0.730. The van der Waals surface area contributed by atoms with Gasteiger partial charge in [-0.3, -0.25) is 4.79 Å². The highest BCUT2D eigenvalue weighted by atomic mass is 32.1. The summed E-state index contributed by atoms with van der Waals surface area (Å²) in [5, 5.41) is 1.91. The molecule has 0 bridgehead atoms. The predicted octanol–water partition coefficient (Wildman–Crippen LogP) is 2.63. The maximum atomic E-state index is 12.5. The lowest BCUT2D eigenvalue weighted by atomic mass is 10.2. The Morgan fingerprint density at radius 2 is 2.14 bits per heavy atom. The number of carbonyl (C=O) groups is 1. The van der Waals surface area contributed by atoms with Crippen molar-refractivity contribution < 1.29 is 4.79 Å². The Bertz CT molecular complexity index is 887. The van der Waals surface area contributed by atoms with Crippen LogP contribution in [0.2, 0.25) is 0 Å². The molecule has 0 spiro atoms. The molecule has 0 N–H and O–H groups in total. The van der Waals surface area contributed by atoms with E-state index in [2.05, 4.69) is 9.98 Å². The van der Waals surface area contributed by atoms with Crippen molar-refractivity contribution in [2.24, 2.45) is 12.0 Å². The number of thiazole rings is 1. The first-order chi connectivity index (χ1) is 10.6. The van der Waals surface area contributed by atoms with Gasteiger partial charge in [0.2, 0.25) is 0 Å². The van der Waals surface area contributed by atoms with Crippen molar-refractivity contribution in [3.8, 4) is 5.82 Å². The second kappa shape index (κ2) is 5.73. The fourth-order valence-corrected chi connectivity index (χ4v) is 3.13. The molecule has 0 radical (unpaired) electrons. The third-order valence-corrected chi connectivity index (χ3v) is 4.34. The highest BCUT2D eigenvalue weighted by Gasteiger charge is 2.16. The lowest BCUT2D eigenvalue weighted by Gasteiger charge is -2.07. The summed E-state index contributed by atoms with van der Waals surface area (Å²) in [5.74, 6) is 0.576. The minimum atomic E-state index is -0.228. The van der Waals surface area contributed by atoms with Crippen molar-refractivity contribution in [3.05, 3.63) is 63.8 Å². The molecule has 1 amide bonds. The van der Waals surface area contributed by atoms with E-state index in [0.717, 1.165) is 17.2 Å². The summed E-state index contributed by atoms with van der Waals surface area (Å²) in [7, 11) is 1.87. The molecule has 5 nitrogen and oxygen atoms in total. The Morgan fingerprint density at radius 1 is 1.32 bits per heavy atom. The van der Waals surface area contributed by atoms with Crippen LogP contribution in [0.25, 0.3) is 5.82 Å². The first-order valence-electron chi connectivity index (χ1n) is 6.87. The van der Waals surface area contributed by atoms with Crippen molar-refractivity contribution in [2.45, 2.75) is 13.8 Å². The number of aryl methyl sites for hydroxylation is 2. The van der Waals surface area contributed by atoms with Gasteiger partial charge in [-0.25, -0.2) is 4.98 Å². The van der Waals surface area contributed by atoms with Crippen molar-refractivity contribution in [2.75, 3.05) is 0 Å². The minimum Gasteiger partial charge on any atom is -0.327 e. The highest BCUT2D eigenvalue weighted by Crippen LogP contribution is 2.20. The molecule has 3 rings (SSSR count). The van der Waals surface area contributed by atoms with E-state index in [1.165, 1.54) is 11.3 Å². The van der Waals surface area contributed by atoms with Crippen molar-refractivity contribution in [3.63, 3.8) is 0 Å². The van der Waals surface area contributed by atoms with E-state index < -0.39 is 0 Å². The largest absolute Gasteiger partial charge is 0.327 e. The van der Waals surface area contributed by atoms with Crippen LogP contribution in [0.15, 0.2) is 47.0 Å². The van der Waals surface area contributed by atoms with Crippen LogP contribution >= 0.6 is 11.3 Å². The third kappa shape index (κ3) is 2.53. The van der Waals surface area contributed by atoms with Crippen molar-refractivity contribution in [1.29, 1.82) is 0 Å². The van der Waals surface area contributed by atoms with Gasteiger partial charge in [-0.15, -0.1) is 11.3 Å². The molecule has 0 saturated heterocycles. The molecule has 0 fully saturated rings. The third-order valence-electron chi connectivity index (χ3n) is 3.50. The summed E-state index contributed by atoms with van der Waals surface area (Å²) in [4.78, 5) is 21.7. The van der Waals surface area contributed by atoms with E-state index in [0.29, 0.717) is 10.4 Å². The molecule has 0 aromatic carbocycles. The Morgan fingerprint density at radius 3 is 2.77 bits per heavy atom. The second-order valence-corrected chi connectivity index (χ2v) is 5.89. The van der Waals surface area contributed by atoms with E-state index in [1.54, 1.807) is 6.20 Å². The Kier molecular flexibility index (Phi) is 3.77. The molecule has 112 valence electrons. The number of nitrogens with zero attached hydrogens (tertiary/aromatic N) is 4. The monoisotopic (exact) mass is 312 g/mol. The molecule has 0 atom stereocenters. The van der Waals surface area contributed by atoms with Crippen LogP contribution in [0, 0.1) is 13.8 Å². The number of hydrogen-bond acceptors (Lipinski definition) is 3. The zero-order valence-electron chi connectivity index (χ0n) is 12.6. The van der Waals surface area contributed by atoms with Gasteiger partial charge in [-0.05, 0) is 32.0 Å². The molecule has 3 aromatic rings. The summed E-state index contributed by atoms with van der Waals surface area (Å²) in [5.41, 5.74) is 2.42. The van der Waals surface area contributed by atoms with E-state index in [9.17, 15) is 4.79 Å². The topological polar surface area (TPSA) is 52.2 Å². The molecule has 3 heterocycles. The molecule has 0 aliphatic carbocycles. The van der Waals surface area contributed by atoms with Crippen LogP contribution in [0.1, 0.15) is 21.7 Å². The molecule has 0 unspecified atom stereocenters. The van der Waals surface area contributed by atoms with Crippen molar-refractivity contribution in [1.82, 2.24) is 14.1 Å². The Labute approximate surface area is 132 Å². The summed E-state index contributed by atoms with van der Waals surface area (Å²) < 4.78 is 3.80. The van der Waals surface area contributed by atoms with E-state index in [-0.39, 0.29) is 5.91 Å². The number of hydrogen-bond donors (Lipinski definition) is 0. The fourth-order valence-electron chi connectivity index (χ4n) is 2.40. The standard InChI is InChI=1S/C16H16N4OS/c1-11-10-13(15(21)18-16-19(3)8-9-22-16)12(2)20(11)14-6-4-5-7-17-14/h4-10H,1-3H3. The molecule has 0 saturated carbocycles. The molecule has 0 aliphatic heterocycles. The van der Waals surface area contributed by atoms with Crippen LogP contribution in [-0.4, -0.2) is 20.0 Å². The predicted molar refractivity (Wildman–Crippen MR) is 86.2 cm³/mol. The first kappa shape index (κ1) is 14.5. The van der Waals surface area contributed by atoms with Gasteiger partial charge in [0.25, 0.3) is 5.91 Å². The Hall–Kier alpha value is -2.47. The van der Waals surface area contributed by atoms with E-state index in [1.807, 2.05) is 65.9 Å². The van der Waals surface area contributed by atoms with Gasteiger partial charge in [-0.1, -0.05) is 6.07 Å². The Balaban J connectivity index is 2.07. The summed E-state index contributed by atoms with van der Waals surface area (Å²) in [6.45, 7) is 3.88.